The zero-order chi connectivity index (χ0) is 17.2. The van der Waals surface area contributed by atoms with Crippen LogP contribution in [0.25, 0.3) is 0 Å². The van der Waals surface area contributed by atoms with Crippen molar-refractivity contribution in [1.82, 2.24) is 0 Å². The molecule has 2 heterocycles. The molecular weight excluding hydrogens is 336 g/mol. The predicted molar refractivity (Wildman–Crippen MR) is 96.0 cm³/mol. The SMILES string of the molecule is Cc1ccc(SC2=C[C@H](O)[C@@H]3O[C@H](c4ccccc4)OC[C@H]3O2)cc1. The highest BCUT2D eigenvalue weighted by atomic mass is 32.2. The Morgan fingerprint density at radius 3 is 2.56 bits per heavy atom. The van der Waals surface area contributed by atoms with E-state index in [0.717, 1.165) is 10.5 Å². The third-order valence-corrected chi connectivity index (χ3v) is 5.22. The van der Waals surface area contributed by atoms with E-state index >= 15 is 0 Å². The molecular formula is C20H20O4S. The smallest absolute Gasteiger partial charge is 0.184 e. The molecule has 2 aliphatic heterocycles. The summed E-state index contributed by atoms with van der Waals surface area (Å²) in [4.78, 5) is 1.07. The molecule has 2 aliphatic rings. The monoisotopic (exact) mass is 356 g/mol. The van der Waals surface area contributed by atoms with Crippen molar-refractivity contribution in [2.45, 2.75) is 36.4 Å². The van der Waals surface area contributed by atoms with Gasteiger partial charge in [0.2, 0.25) is 0 Å². The van der Waals surface area contributed by atoms with Gasteiger partial charge < -0.3 is 19.3 Å². The van der Waals surface area contributed by atoms with E-state index in [-0.39, 0.29) is 6.10 Å². The van der Waals surface area contributed by atoms with E-state index in [1.165, 1.54) is 17.3 Å². The lowest BCUT2D eigenvalue weighted by Gasteiger charge is -2.41. The number of benzene rings is 2. The fourth-order valence-electron chi connectivity index (χ4n) is 2.94. The first kappa shape index (κ1) is 16.7. The summed E-state index contributed by atoms with van der Waals surface area (Å²) in [6.07, 6.45) is -0.213. The zero-order valence-corrected chi connectivity index (χ0v) is 14.7. The Balaban J connectivity index is 1.46. The van der Waals surface area contributed by atoms with Gasteiger partial charge >= 0.3 is 0 Å². The summed E-state index contributed by atoms with van der Waals surface area (Å²) in [5, 5.41) is 11.2. The van der Waals surface area contributed by atoms with Crippen molar-refractivity contribution in [3.8, 4) is 0 Å². The van der Waals surface area contributed by atoms with Crippen LogP contribution >= 0.6 is 11.8 Å². The van der Waals surface area contributed by atoms with Crippen LogP contribution in [0.4, 0.5) is 0 Å². The lowest BCUT2D eigenvalue weighted by Crippen LogP contribution is -2.50. The summed E-state index contributed by atoms with van der Waals surface area (Å²) in [6.45, 7) is 2.44. The summed E-state index contributed by atoms with van der Waals surface area (Å²) < 4.78 is 17.7. The van der Waals surface area contributed by atoms with Crippen LogP contribution in [0.1, 0.15) is 17.4 Å². The fourth-order valence-corrected chi connectivity index (χ4v) is 3.82. The van der Waals surface area contributed by atoms with E-state index in [0.29, 0.717) is 11.7 Å². The minimum absolute atomic E-state index is 0.312. The van der Waals surface area contributed by atoms with E-state index in [9.17, 15) is 5.11 Å². The quantitative estimate of drug-likeness (QED) is 0.906. The molecule has 0 radical (unpaired) electrons. The highest BCUT2D eigenvalue weighted by Gasteiger charge is 2.41. The van der Waals surface area contributed by atoms with Gasteiger partial charge in [-0.15, -0.1) is 0 Å². The maximum Gasteiger partial charge on any atom is 0.184 e. The Labute approximate surface area is 151 Å². The average molecular weight is 356 g/mol. The molecule has 2 aromatic rings. The van der Waals surface area contributed by atoms with E-state index < -0.39 is 18.5 Å². The van der Waals surface area contributed by atoms with Gasteiger partial charge in [0.25, 0.3) is 0 Å². The number of hydrogen-bond acceptors (Lipinski definition) is 5. The molecule has 0 amide bonds. The maximum atomic E-state index is 10.5. The molecule has 0 aliphatic carbocycles. The van der Waals surface area contributed by atoms with Crippen LogP contribution in [0.2, 0.25) is 0 Å². The zero-order valence-electron chi connectivity index (χ0n) is 13.9. The molecule has 4 atom stereocenters. The van der Waals surface area contributed by atoms with Gasteiger partial charge in [0.05, 0.1) is 6.61 Å². The van der Waals surface area contributed by atoms with E-state index in [1.807, 2.05) is 42.5 Å². The topological polar surface area (TPSA) is 47.9 Å². The summed E-state index contributed by atoms with van der Waals surface area (Å²) in [6, 6.07) is 17.9. The Morgan fingerprint density at radius 1 is 1.04 bits per heavy atom. The number of fused-ring (bicyclic) bond motifs is 1. The molecule has 1 saturated heterocycles. The van der Waals surface area contributed by atoms with Crippen molar-refractivity contribution in [2.24, 2.45) is 0 Å². The molecule has 0 unspecified atom stereocenters. The van der Waals surface area contributed by atoms with E-state index in [4.69, 9.17) is 14.2 Å². The number of thioether (sulfide) groups is 1. The Kier molecular flexibility index (Phi) is 4.81. The molecule has 4 rings (SSSR count). The van der Waals surface area contributed by atoms with Gasteiger partial charge in [0.15, 0.2) is 17.5 Å². The Hall–Kier alpha value is -1.79. The lowest BCUT2D eigenvalue weighted by atomic mass is 10.0. The second kappa shape index (κ2) is 7.22. The maximum absolute atomic E-state index is 10.5. The largest absolute Gasteiger partial charge is 0.479 e. The second-order valence-corrected chi connectivity index (χ2v) is 7.30. The molecule has 0 bridgehead atoms. The molecule has 130 valence electrons. The standard InChI is InChI=1S/C20H20O4S/c1-13-7-9-15(10-8-13)25-18-11-16(21)19-17(23-18)12-22-20(24-19)14-5-3-2-4-6-14/h2-11,16-17,19-21H,12H2,1H3/t16-,17+,19-,20+/m0/s1. The molecule has 2 aromatic carbocycles. The van der Waals surface area contributed by atoms with Gasteiger partial charge in [0, 0.05) is 10.5 Å². The number of rotatable bonds is 3. The lowest BCUT2D eigenvalue weighted by molar-refractivity contribution is -0.277. The van der Waals surface area contributed by atoms with Crippen molar-refractivity contribution < 1.29 is 19.3 Å². The third kappa shape index (κ3) is 3.75. The van der Waals surface area contributed by atoms with Crippen molar-refractivity contribution in [3.63, 3.8) is 0 Å². The number of aryl methyl sites for hydroxylation is 1. The van der Waals surface area contributed by atoms with Crippen LogP contribution < -0.4 is 0 Å². The molecule has 0 aromatic heterocycles. The number of aliphatic hydroxyl groups is 1. The Morgan fingerprint density at radius 2 is 1.80 bits per heavy atom. The van der Waals surface area contributed by atoms with Gasteiger partial charge in [-0.05, 0) is 25.1 Å². The fraction of sp³-hybridized carbons (Fsp3) is 0.300. The van der Waals surface area contributed by atoms with Crippen LogP contribution in [0.15, 0.2) is 70.7 Å². The van der Waals surface area contributed by atoms with Gasteiger partial charge in [-0.25, -0.2) is 0 Å². The number of aliphatic hydroxyl groups excluding tert-OH is 1. The normalized spacial score (nSPS) is 28.6. The van der Waals surface area contributed by atoms with Crippen LogP contribution in [-0.2, 0) is 14.2 Å². The van der Waals surface area contributed by atoms with Crippen LogP contribution in [0, 0.1) is 6.92 Å². The van der Waals surface area contributed by atoms with E-state index in [2.05, 4.69) is 19.1 Å². The molecule has 1 N–H and O–H groups in total. The average Bonchev–Trinajstić information content (AvgIpc) is 2.64. The van der Waals surface area contributed by atoms with E-state index in [1.54, 1.807) is 6.08 Å². The molecule has 0 saturated carbocycles. The number of hydrogen-bond donors (Lipinski definition) is 1. The Bertz CT molecular complexity index is 744. The van der Waals surface area contributed by atoms with Crippen molar-refractivity contribution >= 4 is 11.8 Å². The summed E-state index contributed by atoms with van der Waals surface area (Å²) in [5.74, 6) is 0. The first-order valence-electron chi connectivity index (χ1n) is 8.32. The van der Waals surface area contributed by atoms with Crippen molar-refractivity contribution in [1.29, 1.82) is 0 Å². The minimum atomic E-state index is -0.721. The first-order chi connectivity index (χ1) is 12.2. The highest BCUT2D eigenvalue weighted by Crippen LogP contribution is 2.37. The third-order valence-electron chi connectivity index (χ3n) is 4.28. The van der Waals surface area contributed by atoms with Crippen molar-refractivity contribution in [3.05, 3.63) is 76.9 Å². The molecule has 1 fully saturated rings. The second-order valence-electron chi connectivity index (χ2n) is 6.22. The van der Waals surface area contributed by atoms with Crippen LogP contribution in [-0.4, -0.2) is 30.0 Å². The summed E-state index contributed by atoms with van der Waals surface area (Å²) in [7, 11) is 0. The highest BCUT2D eigenvalue weighted by molar-refractivity contribution is 8.02. The van der Waals surface area contributed by atoms with Crippen LogP contribution in [0.5, 0.6) is 0 Å². The number of ether oxygens (including phenoxy) is 3. The molecule has 5 heteroatoms. The van der Waals surface area contributed by atoms with Gasteiger partial charge in [-0.1, -0.05) is 59.8 Å². The van der Waals surface area contributed by atoms with Crippen LogP contribution in [0.3, 0.4) is 0 Å². The first-order valence-corrected chi connectivity index (χ1v) is 9.14. The molecule has 4 nitrogen and oxygen atoms in total. The van der Waals surface area contributed by atoms with Gasteiger partial charge in [-0.3, -0.25) is 0 Å². The predicted octanol–water partition coefficient (Wildman–Crippen LogP) is 3.80. The summed E-state index contributed by atoms with van der Waals surface area (Å²) in [5.41, 5.74) is 2.15. The summed E-state index contributed by atoms with van der Waals surface area (Å²) >= 11 is 1.50. The van der Waals surface area contributed by atoms with Gasteiger partial charge in [0.1, 0.15) is 12.2 Å². The van der Waals surface area contributed by atoms with Crippen molar-refractivity contribution in [2.75, 3.05) is 6.61 Å². The molecule has 0 spiro atoms. The minimum Gasteiger partial charge on any atom is -0.479 e. The molecule has 25 heavy (non-hydrogen) atoms. The van der Waals surface area contributed by atoms with Gasteiger partial charge in [-0.2, -0.15) is 0 Å².